The number of aromatic nitrogens is 1. The minimum absolute atomic E-state index is 0.185. The highest BCUT2D eigenvalue weighted by Crippen LogP contribution is 2.05. The van der Waals surface area contributed by atoms with Crippen LogP contribution in [0.3, 0.4) is 0 Å². The first-order chi connectivity index (χ1) is 5.66. The van der Waals surface area contributed by atoms with Crippen LogP contribution in [0, 0.1) is 0 Å². The number of anilines is 1. The van der Waals surface area contributed by atoms with E-state index in [1.807, 2.05) is 0 Å². The van der Waals surface area contributed by atoms with Crippen molar-refractivity contribution in [2.75, 3.05) is 18.7 Å². The fourth-order valence-electron chi connectivity index (χ4n) is 0.819. The van der Waals surface area contributed by atoms with Crippen LogP contribution >= 0.6 is 0 Å². The molecular formula is C7H10N3O2+. The number of esters is 1. The summed E-state index contributed by atoms with van der Waals surface area (Å²) in [4.78, 5) is 11.0. The molecule has 0 spiro atoms. The number of rotatable bonds is 1. The Labute approximate surface area is 69.5 Å². The first kappa shape index (κ1) is 8.32. The fraction of sp³-hybridized carbons (Fsp3) is 0.143. The second-order valence-electron chi connectivity index (χ2n) is 2.21. The highest BCUT2D eigenvalue weighted by Gasteiger charge is 2.16. The van der Waals surface area contributed by atoms with E-state index in [2.05, 4.69) is 4.74 Å². The van der Waals surface area contributed by atoms with Crippen LogP contribution in [0.5, 0.6) is 0 Å². The van der Waals surface area contributed by atoms with E-state index >= 15 is 0 Å². The van der Waals surface area contributed by atoms with E-state index in [-0.39, 0.29) is 11.4 Å². The van der Waals surface area contributed by atoms with Crippen LogP contribution in [0.4, 0.5) is 5.82 Å². The quantitative estimate of drug-likeness (QED) is 0.322. The smallest absolute Gasteiger partial charge is 0.346 e. The third-order valence-corrected chi connectivity index (χ3v) is 1.47. The van der Waals surface area contributed by atoms with Gasteiger partial charge in [-0.15, -0.1) is 4.68 Å². The number of carbonyl (C=O) groups excluding carboxylic acids is 1. The molecule has 1 aromatic rings. The summed E-state index contributed by atoms with van der Waals surface area (Å²) in [5, 5.41) is 0. The van der Waals surface area contributed by atoms with Crippen molar-refractivity contribution in [1.29, 1.82) is 0 Å². The molecule has 0 amide bonds. The van der Waals surface area contributed by atoms with Crippen molar-refractivity contribution in [3.63, 3.8) is 0 Å². The summed E-state index contributed by atoms with van der Waals surface area (Å²) >= 11 is 0. The van der Waals surface area contributed by atoms with Crippen molar-refractivity contribution in [3.05, 3.63) is 23.9 Å². The summed E-state index contributed by atoms with van der Waals surface area (Å²) < 4.78 is 5.64. The highest BCUT2D eigenvalue weighted by atomic mass is 16.5. The molecule has 5 nitrogen and oxygen atoms in total. The molecule has 1 rings (SSSR count). The van der Waals surface area contributed by atoms with Gasteiger partial charge in [0.05, 0.1) is 7.11 Å². The number of methoxy groups -OCH3 is 1. The normalized spacial score (nSPS) is 9.42. The van der Waals surface area contributed by atoms with Gasteiger partial charge in [-0.25, -0.2) is 4.79 Å². The van der Waals surface area contributed by atoms with Crippen molar-refractivity contribution < 1.29 is 14.2 Å². The molecule has 0 aliphatic carbocycles. The molecule has 0 aliphatic heterocycles. The third-order valence-electron chi connectivity index (χ3n) is 1.47. The van der Waals surface area contributed by atoms with Gasteiger partial charge in [0.15, 0.2) is 5.56 Å². The molecule has 0 radical (unpaired) electrons. The maximum atomic E-state index is 11.0. The topological polar surface area (TPSA) is 82.2 Å². The number of nitrogens with zero attached hydrogens (tertiary/aromatic N) is 1. The third kappa shape index (κ3) is 1.29. The lowest BCUT2D eigenvalue weighted by Crippen LogP contribution is -2.47. The van der Waals surface area contributed by atoms with Crippen LogP contribution in [0.1, 0.15) is 10.4 Å². The Kier molecular flexibility index (Phi) is 2.14. The van der Waals surface area contributed by atoms with E-state index in [9.17, 15) is 4.79 Å². The summed E-state index contributed by atoms with van der Waals surface area (Å²) in [6.07, 6.45) is 1.54. The van der Waals surface area contributed by atoms with E-state index in [4.69, 9.17) is 11.6 Å². The summed E-state index contributed by atoms with van der Waals surface area (Å²) in [7, 11) is 1.29. The van der Waals surface area contributed by atoms with Crippen molar-refractivity contribution in [3.8, 4) is 0 Å². The van der Waals surface area contributed by atoms with Crippen LogP contribution in [-0.2, 0) is 4.74 Å². The Morgan fingerprint density at radius 2 is 2.33 bits per heavy atom. The van der Waals surface area contributed by atoms with Crippen LogP contribution in [-0.4, -0.2) is 13.1 Å². The first-order valence-corrected chi connectivity index (χ1v) is 3.30. The van der Waals surface area contributed by atoms with Gasteiger partial charge in [0.25, 0.3) is 0 Å². The maximum Gasteiger partial charge on any atom is 0.346 e. The Bertz CT molecular complexity index is 312. The number of carbonyl (C=O) groups is 1. The van der Waals surface area contributed by atoms with Gasteiger partial charge in [-0.1, -0.05) is 0 Å². The minimum Gasteiger partial charge on any atom is -0.465 e. The van der Waals surface area contributed by atoms with E-state index in [0.717, 1.165) is 4.68 Å². The number of ether oxygens (including phenoxy) is 1. The largest absolute Gasteiger partial charge is 0.465 e. The number of hydrogen-bond donors (Lipinski definition) is 2. The summed E-state index contributed by atoms with van der Waals surface area (Å²) in [6, 6.07) is 3.16. The predicted molar refractivity (Wildman–Crippen MR) is 42.5 cm³/mol. The van der Waals surface area contributed by atoms with Gasteiger partial charge in [0.2, 0.25) is 0 Å². The van der Waals surface area contributed by atoms with Gasteiger partial charge in [-0.05, 0) is 12.1 Å². The number of hydrogen-bond acceptors (Lipinski definition) is 4. The number of nitrogen functional groups attached to an aromatic ring is 2. The van der Waals surface area contributed by atoms with Gasteiger partial charge in [-0.3, -0.25) is 11.6 Å². The summed E-state index contributed by atoms with van der Waals surface area (Å²) in [5.41, 5.74) is 5.76. The Hall–Kier alpha value is -1.78. The zero-order chi connectivity index (χ0) is 9.14. The molecule has 0 unspecified atom stereocenters. The standard InChI is InChI=1S/C7H9N3O2/c1-12-7(11)5-3-2-4-10(9)6(5)8/h2-4,8H,9H2,1H3/p+1. The van der Waals surface area contributed by atoms with Crippen molar-refractivity contribution >= 4 is 11.8 Å². The van der Waals surface area contributed by atoms with Gasteiger partial charge < -0.3 is 4.74 Å². The second kappa shape index (κ2) is 3.08. The summed E-state index contributed by atoms with van der Waals surface area (Å²) in [6.45, 7) is 0. The molecule has 0 bridgehead atoms. The van der Waals surface area contributed by atoms with E-state index in [1.165, 1.54) is 7.11 Å². The molecule has 1 heterocycles. The molecule has 0 saturated heterocycles. The SMILES string of the molecule is COC(=O)c1ccc[n+](N)c1N. The molecule has 0 saturated carbocycles. The fourth-order valence-corrected chi connectivity index (χ4v) is 0.819. The highest BCUT2D eigenvalue weighted by molar-refractivity contribution is 5.93. The Morgan fingerprint density at radius 1 is 1.67 bits per heavy atom. The molecule has 0 aromatic carbocycles. The van der Waals surface area contributed by atoms with E-state index in [1.54, 1.807) is 18.3 Å². The monoisotopic (exact) mass is 168 g/mol. The second-order valence-corrected chi connectivity index (χ2v) is 2.21. The van der Waals surface area contributed by atoms with Crippen molar-refractivity contribution in [2.45, 2.75) is 0 Å². The molecule has 12 heavy (non-hydrogen) atoms. The molecule has 0 atom stereocenters. The molecule has 64 valence electrons. The molecule has 1 aromatic heterocycles. The Morgan fingerprint density at radius 3 is 2.92 bits per heavy atom. The van der Waals surface area contributed by atoms with E-state index in [0.29, 0.717) is 0 Å². The van der Waals surface area contributed by atoms with Gasteiger partial charge in [0.1, 0.15) is 6.20 Å². The molecule has 4 N–H and O–H groups in total. The number of nitrogens with two attached hydrogens (primary N) is 2. The molecule has 0 fully saturated rings. The van der Waals surface area contributed by atoms with Crippen molar-refractivity contribution in [2.24, 2.45) is 0 Å². The lowest BCUT2D eigenvalue weighted by atomic mass is 10.2. The molecular weight excluding hydrogens is 158 g/mol. The zero-order valence-electron chi connectivity index (χ0n) is 6.65. The van der Waals surface area contributed by atoms with E-state index < -0.39 is 5.97 Å². The van der Waals surface area contributed by atoms with Crippen LogP contribution in [0.25, 0.3) is 0 Å². The zero-order valence-corrected chi connectivity index (χ0v) is 6.65. The summed E-state index contributed by atoms with van der Waals surface area (Å²) in [5.74, 6) is 5.09. The lowest BCUT2D eigenvalue weighted by molar-refractivity contribution is -0.623. The predicted octanol–water partition coefficient (Wildman–Crippen LogP) is -0.943. The number of pyridine rings is 1. The van der Waals surface area contributed by atoms with Crippen LogP contribution < -0.4 is 16.3 Å². The maximum absolute atomic E-state index is 11.0. The van der Waals surface area contributed by atoms with Crippen molar-refractivity contribution in [1.82, 2.24) is 0 Å². The average Bonchev–Trinajstić information content (AvgIpc) is 2.08. The van der Waals surface area contributed by atoms with Crippen LogP contribution in [0.2, 0.25) is 0 Å². The minimum atomic E-state index is -0.493. The van der Waals surface area contributed by atoms with Gasteiger partial charge in [-0.2, -0.15) is 0 Å². The average molecular weight is 168 g/mol. The first-order valence-electron chi connectivity index (χ1n) is 3.30. The van der Waals surface area contributed by atoms with Gasteiger partial charge >= 0.3 is 11.8 Å². The lowest BCUT2D eigenvalue weighted by Gasteiger charge is -2.00. The van der Waals surface area contributed by atoms with Crippen LogP contribution in [0.15, 0.2) is 18.3 Å². The van der Waals surface area contributed by atoms with Gasteiger partial charge in [0, 0.05) is 0 Å². The Balaban J connectivity index is 3.16. The molecule has 5 heteroatoms. The molecule has 0 aliphatic rings.